The van der Waals surface area contributed by atoms with Crippen LogP contribution in [0.15, 0.2) is 30.3 Å². The molecule has 2 rings (SSSR count). The van der Waals surface area contributed by atoms with E-state index in [0.29, 0.717) is 22.1 Å². The molecule has 0 saturated carbocycles. The average Bonchev–Trinajstić information content (AvgIpc) is 2.75. The lowest BCUT2D eigenvalue weighted by atomic mass is 10.2. The van der Waals surface area contributed by atoms with E-state index in [0.717, 1.165) is 10.4 Å². The Labute approximate surface area is 134 Å². The molecule has 0 unspecified atom stereocenters. The molecule has 3 nitrogen and oxygen atoms in total. The number of thiophene rings is 1. The Hall–Kier alpha value is -1.52. The van der Waals surface area contributed by atoms with Gasteiger partial charge in [-0.2, -0.15) is 0 Å². The molecule has 1 aromatic heterocycles. The number of hydrogen-bond acceptors (Lipinski definition) is 3. The summed E-state index contributed by atoms with van der Waals surface area (Å²) in [5.41, 5.74) is 7.54. The number of anilines is 1. The molecule has 112 valence electrons. The Balaban J connectivity index is 2.24. The number of aryl methyl sites for hydroxylation is 1. The summed E-state index contributed by atoms with van der Waals surface area (Å²) in [7, 11) is 0. The first kappa shape index (κ1) is 15.9. The normalized spacial score (nSPS) is 10.9. The third kappa shape index (κ3) is 3.77. The van der Waals surface area contributed by atoms with E-state index in [-0.39, 0.29) is 11.9 Å². The molecule has 1 aromatic carbocycles. The van der Waals surface area contributed by atoms with Gasteiger partial charge in [0.1, 0.15) is 0 Å². The number of hydrogen-bond donors (Lipinski definition) is 1. The van der Waals surface area contributed by atoms with E-state index >= 15 is 0 Å². The number of amides is 1. The van der Waals surface area contributed by atoms with Crippen molar-refractivity contribution < 1.29 is 4.79 Å². The van der Waals surface area contributed by atoms with E-state index in [1.807, 2.05) is 49.9 Å². The van der Waals surface area contributed by atoms with Crippen molar-refractivity contribution in [2.75, 3.05) is 5.73 Å². The first-order valence-corrected chi connectivity index (χ1v) is 7.99. The van der Waals surface area contributed by atoms with Gasteiger partial charge in [0.2, 0.25) is 0 Å². The van der Waals surface area contributed by atoms with Gasteiger partial charge in [-0.15, -0.1) is 11.3 Å². The smallest absolute Gasteiger partial charge is 0.264 e. The molecule has 1 amide bonds. The number of benzene rings is 1. The zero-order valence-electron chi connectivity index (χ0n) is 12.4. The van der Waals surface area contributed by atoms with Crippen molar-refractivity contribution in [1.29, 1.82) is 0 Å². The van der Waals surface area contributed by atoms with Crippen LogP contribution in [0.4, 0.5) is 5.69 Å². The Morgan fingerprint density at radius 1 is 1.38 bits per heavy atom. The number of carbonyl (C=O) groups excluding carboxylic acids is 1. The maximum Gasteiger partial charge on any atom is 0.264 e. The zero-order valence-corrected chi connectivity index (χ0v) is 14.0. The first-order chi connectivity index (χ1) is 9.88. The van der Waals surface area contributed by atoms with Crippen LogP contribution in [0.2, 0.25) is 5.02 Å². The maximum absolute atomic E-state index is 12.7. The van der Waals surface area contributed by atoms with Crippen LogP contribution in [0, 0.1) is 6.92 Å². The summed E-state index contributed by atoms with van der Waals surface area (Å²) in [5, 5.41) is 0.680. The Morgan fingerprint density at radius 3 is 2.62 bits per heavy atom. The van der Waals surface area contributed by atoms with Crippen molar-refractivity contribution in [2.45, 2.75) is 33.4 Å². The van der Waals surface area contributed by atoms with Crippen LogP contribution in [0.3, 0.4) is 0 Å². The second kappa shape index (κ2) is 6.50. The number of carbonyl (C=O) groups is 1. The summed E-state index contributed by atoms with van der Waals surface area (Å²) in [6.07, 6.45) is 0. The minimum atomic E-state index is 0.00905. The molecular formula is C16H19ClN2OS. The molecule has 5 heteroatoms. The van der Waals surface area contributed by atoms with E-state index in [2.05, 4.69) is 0 Å². The summed E-state index contributed by atoms with van der Waals surface area (Å²) in [4.78, 5) is 16.2. The average molecular weight is 323 g/mol. The second-order valence-electron chi connectivity index (χ2n) is 5.28. The lowest BCUT2D eigenvalue weighted by Gasteiger charge is -2.26. The largest absolute Gasteiger partial charge is 0.398 e. The van der Waals surface area contributed by atoms with Gasteiger partial charge in [-0.1, -0.05) is 23.7 Å². The van der Waals surface area contributed by atoms with E-state index in [9.17, 15) is 4.79 Å². The van der Waals surface area contributed by atoms with Crippen LogP contribution in [0.25, 0.3) is 0 Å². The molecule has 0 spiro atoms. The molecule has 0 aliphatic carbocycles. The SMILES string of the molecule is Cc1sc(C(=O)N(Cc2cccc(Cl)c2)C(C)C)cc1N. The van der Waals surface area contributed by atoms with Crippen molar-refractivity contribution in [2.24, 2.45) is 0 Å². The minimum Gasteiger partial charge on any atom is -0.398 e. The third-order valence-electron chi connectivity index (χ3n) is 3.29. The maximum atomic E-state index is 12.7. The van der Waals surface area contributed by atoms with Gasteiger partial charge in [-0.05, 0) is 44.5 Å². The Morgan fingerprint density at radius 2 is 2.10 bits per heavy atom. The van der Waals surface area contributed by atoms with Gasteiger partial charge in [-0.25, -0.2) is 0 Å². The molecule has 0 atom stereocenters. The topological polar surface area (TPSA) is 46.3 Å². The highest BCUT2D eigenvalue weighted by molar-refractivity contribution is 7.14. The van der Waals surface area contributed by atoms with Gasteiger partial charge < -0.3 is 10.6 Å². The van der Waals surface area contributed by atoms with E-state index in [4.69, 9.17) is 17.3 Å². The van der Waals surface area contributed by atoms with Crippen LogP contribution >= 0.6 is 22.9 Å². The Bertz CT molecular complexity index is 632. The molecule has 0 aliphatic heterocycles. The predicted octanol–water partition coefficient (Wildman–Crippen LogP) is 4.34. The van der Waals surface area contributed by atoms with Gasteiger partial charge in [0.15, 0.2) is 0 Å². The highest BCUT2D eigenvalue weighted by Gasteiger charge is 2.21. The fourth-order valence-corrected chi connectivity index (χ4v) is 3.17. The summed E-state index contributed by atoms with van der Waals surface area (Å²) >= 11 is 7.45. The van der Waals surface area contributed by atoms with Crippen LogP contribution < -0.4 is 5.73 Å². The summed E-state index contributed by atoms with van der Waals surface area (Å²) < 4.78 is 0. The van der Waals surface area contributed by atoms with Gasteiger partial charge in [0.25, 0.3) is 5.91 Å². The quantitative estimate of drug-likeness (QED) is 0.910. The number of nitrogen functional groups attached to an aromatic ring is 1. The van der Waals surface area contributed by atoms with E-state index < -0.39 is 0 Å². The first-order valence-electron chi connectivity index (χ1n) is 6.80. The standard InChI is InChI=1S/C16H19ClN2OS/c1-10(2)19(9-12-5-4-6-13(17)7-12)16(20)15-8-14(18)11(3)21-15/h4-8,10H,9,18H2,1-3H3. The fourth-order valence-electron chi connectivity index (χ4n) is 2.06. The fraction of sp³-hybridized carbons (Fsp3) is 0.312. The summed E-state index contributed by atoms with van der Waals surface area (Å²) in [6.45, 7) is 6.47. The molecule has 0 saturated heterocycles. The van der Waals surface area contributed by atoms with Gasteiger partial charge in [0.05, 0.1) is 4.88 Å². The van der Waals surface area contributed by atoms with Crippen molar-refractivity contribution in [1.82, 2.24) is 4.90 Å². The number of rotatable bonds is 4. The van der Waals surface area contributed by atoms with Crippen LogP contribution in [-0.4, -0.2) is 16.8 Å². The lowest BCUT2D eigenvalue weighted by molar-refractivity contribution is 0.0695. The number of nitrogens with two attached hydrogens (primary N) is 1. The van der Waals surface area contributed by atoms with E-state index in [1.54, 1.807) is 6.07 Å². The zero-order chi connectivity index (χ0) is 15.6. The monoisotopic (exact) mass is 322 g/mol. The van der Waals surface area contributed by atoms with Crippen molar-refractivity contribution in [3.8, 4) is 0 Å². The third-order valence-corrected chi connectivity index (χ3v) is 4.58. The second-order valence-corrected chi connectivity index (χ2v) is 6.97. The molecule has 21 heavy (non-hydrogen) atoms. The molecule has 0 fully saturated rings. The van der Waals surface area contributed by atoms with Gasteiger partial charge in [0, 0.05) is 28.2 Å². The number of halogens is 1. The highest BCUT2D eigenvalue weighted by atomic mass is 35.5. The molecule has 0 bridgehead atoms. The van der Waals surface area contributed by atoms with Crippen LogP contribution in [0.5, 0.6) is 0 Å². The van der Waals surface area contributed by atoms with Crippen molar-refractivity contribution >= 4 is 34.5 Å². The van der Waals surface area contributed by atoms with Crippen molar-refractivity contribution in [3.63, 3.8) is 0 Å². The summed E-state index contributed by atoms with van der Waals surface area (Å²) in [6, 6.07) is 9.44. The Kier molecular flexibility index (Phi) is 4.91. The molecule has 2 aromatic rings. The molecule has 1 heterocycles. The van der Waals surface area contributed by atoms with Crippen LogP contribution in [0.1, 0.15) is 34.0 Å². The van der Waals surface area contributed by atoms with E-state index in [1.165, 1.54) is 11.3 Å². The van der Waals surface area contributed by atoms with Crippen molar-refractivity contribution in [3.05, 3.63) is 50.7 Å². The predicted molar refractivity (Wildman–Crippen MR) is 89.9 cm³/mol. The molecule has 0 radical (unpaired) electrons. The number of nitrogens with zero attached hydrogens (tertiary/aromatic N) is 1. The lowest BCUT2D eigenvalue weighted by Crippen LogP contribution is -2.36. The summed E-state index contributed by atoms with van der Waals surface area (Å²) in [5.74, 6) is 0.00905. The van der Waals surface area contributed by atoms with Crippen LogP contribution in [-0.2, 0) is 6.54 Å². The van der Waals surface area contributed by atoms with Gasteiger partial charge >= 0.3 is 0 Å². The molecular weight excluding hydrogens is 304 g/mol. The van der Waals surface area contributed by atoms with Gasteiger partial charge in [-0.3, -0.25) is 4.79 Å². The molecule has 0 aliphatic rings. The minimum absolute atomic E-state index is 0.00905. The molecule has 2 N–H and O–H groups in total. The highest BCUT2D eigenvalue weighted by Crippen LogP contribution is 2.26.